The maximum absolute atomic E-state index is 13.6. The van der Waals surface area contributed by atoms with E-state index in [2.05, 4.69) is 20.3 Å². The van der Waals surface area contributed by atoms with Gasteiger partial charge in [0, 0.05) is 13.0 Å². The second kappa shape index (κ2) is 8.76. The summed E-state index contributed by atoms with van der Waals surface area (Å²) in [6.07, 6.45) is 1.37. The normalized spacial score (nSPS) is 10.6. The first kappa shape index (κ1) is 20.9. The smallest absolute Gasteiger partial charge is 0.279 e. The van der Waals surface area contributed by atoms with E-state index in [4.69, 9.17) is 9.47 Å². The molecular weight excluding hydrogens is 415 g/mol. The van der Waals surface area contributed by atoms with Gasteiger partial charge in [-0.1, -0.05) is 12.1 Å². The summed E-state index contributed by atoms with van der Waals surface area (Å²) in [5.41, 5.74) is 1.54. The number of hydrogen-bond acceptors (Lipinski definition) is 7. The Morgan fingerprint density at radius 1 is 0.969 bits per heavy atom. The summed E-state index contributed by atoms with van der Waals surface area (Å²) in [5.74, 6) is -1.07. The van der Waals surface area contributed by atoms with Crippen LogP contribution in [-0.2, 0) is 0 Å². The van der Waals surface area contributed by atoms with Crippen LogP contribution in [0.2, 0.25) is 0 Å². The molecule has 2 heterocycles. The monoisotopic (exact) mass is 432 g/mol. The van der Waals surface area contributed by atoms with Crippen LogP contribution in [0.3, 0.4) is 0 Å². The van der Waals surface area contributed by atoms with E-state index in [1.807, 2.05) is 0 Å². The molecule has 4 aromatic rings. The summed E-state index contributed by atoms with van der Waals surface area (Å²) < 4.78 is 24.5. The molecule has 0 aliphatic heterocycles. The van der Waals surface area contributed by atoms with Crippen LogP contribution < -0.4 is 14.8 Å². The van der Waals surface area contributed by atoms with Gasteiger partial charge in [0.1, 0.15) is 11.5 Å². The number of methoxy groups -OCH3 is 1. The van der Waals surface area contributed by atoms with Crippen LogP contribution in [0.4, 0.5) is 10.1 Å². The lowest BCUT2D eigenvalue weighted by molar-refractivity contribution is 0.100. The molecule has 0 unspecified atom stereocenters. The molecule has 0 aliphatic carbocycles. The van der Waals surface area contributed by atoms with E-state index < -0.39 is 11.7 Å². The number of carbonyl (C=O) groups excluding carboxylic acids is 2. The van der Waals surface area contributed by atoms with Crippen molar-refractivity contribution in [2.24, 2.45) is 0 Å². The van der Waals surface area contributed by atoms with Crippen molar-refractivity contribution >= 4 is 28.4 Å². The summed E-state index contributed by atoms with van der Waals surface area (Å²) in [6.45, 7) is 1.40. The van der Waals surface area contributed by atoms with Gasteiger partial charge in [-0.15, -0.1) is 0 Å². The van der Waals surface area contributed by atoms with Crippen molar-refractivity contribution in [3.05, 3.63) is 78.0 Å². The number of ether oxygens (including phenoxy) is 2. The van der Waals surface area contributed by atoms with Gasteiger partial charge >= 0.3 is 0 Å². The molecule has 0 bridgehead atoms. The SMILES string of the molecule is COc1cc(F)ccc1Oc1nc2ccccc2nc1C(=O)Nc1ccc(C(C)=O)nc1. The molecule has 9 heteroatoms. The molecule has 1 N–H and O–H groups in total. The quantitative estimate of drug-likeness (QED) is 0.450. The highest BCUT2D eigenvalue weighted by Gasteiger charge is 2.20. The van der Waals surface area contributed by atoms with Crippen LogP contribution >= 0.6 is 0 Å². The Balaban J connectivity index is 1.72. The zero-order valence-electron chi connectivity index (χ0n) is 17.1. The van der Waals surface area contributed by atoms with E-state index in [9.17, 15) is 14.0 Å². The molecule has 2 aromatic carbocycles. The van der Waals surface area contributed by atoms with Crippen LogP contribution in [0, 0.1) is 5.82 Å². The predicted molar refractivity (Wildman–Crippen MR) is 115 cm³/mol. The molecule has 8 nitrogen and oxygen atoms in total. The maximum Gasteiger partial charge on any atom is 0.279 e. The van der Waals surface area contributed by atoms with E-state index >= 15 is 0 Å². The molecular formula is C23H17FN4O4. The number of ketones is 1. The van der Waals surface area contributed by atoms with Crippen molar-refractivity contribution in [1.82, 2.24) is 15.0 Å². The van der Waals surface area contributed by atoms with Gasteiger partial charge in [-0.25, -0.2) is 14.4 Å². The van der Waals surface area contributed by atoms with Crippen molar-refractivity contribution in [1.29, 1.82) is 0 Å². The fraction of sp³-hybridized carbons (Fsp3) is 0.0870. The first-order valence-electron chi connectivity index (χ1n) is 9.51. The van der Waals surface area contributed by atoms with Gasteiger partial charge in [0.15, 0.2) is 23.0 Å². The number of carbonyl (C=O) groups is 2. The minimum Gasteiger partial charge on any atom is -0.493 e. The van der Waals surface area contributed by atoms with Gasteiger partial charge in [0.25, 0.3) is 11.8 Å². The molecule has 32 heavy (non-hydrogen) atoms. The van der Waals surface area contributed by atoms with Crippen LogP contribution in [0.15, 0.2) is 60.8 Å². The van der Waals surface area contributed by atoms with Gasteiger partial charge in [0.2, 0.25) is 0 Å². The number of rotatable bonds is 6. The van der Waals surface area contributed by atoms with Gasteiger partial charge in [-0.05, 0) is 36.4 Å². The molecule has 0 radical (unpaired) electrons. The Kier molecular flexibility index (Phi) is 5.71. The standard InChI is InChI=1S/C23H17FN4O4/c1-13(29)16-9-8-15(12-25-16)26-22(30)21-23(28-18-6-4-3-5-17(18)27-21)32-19-10-7-14(24)11-20(19)31-2/h3-12H,1-2H3,(H,26,30). The number of aromatic nitrogens is 3. The molecule has 2 aromatic heterocycles. The van der Waals surface area contributed by atoms with E-state index in [0.29, 0.717) is 16.7 Å². The van der Waals surface area contributed by atoms with E-state index in [-0.39, 0.29) is 34.6 Å². The number of nitrogens with zero attached hydrogens (tertiary/aromatic N) is 3. The number of para-hydroxylation sites is 2. The lowest BCUT2D eigenvalue weighted by Crippen LogP contribution is -2.16. The molecule has 0 atom stereocenters. The Morgan fingerprint density at radius 2 is 1.72 bits per heavy atom. The number of pyridine rings is 1. The Labute approximate surface area is 182 Å². The van der Waals surface area contributed by atoms with Crippen molar-refractivity contribution in [3.8, 4) is 17.4 Å². The largest absolute Gasteiger partial charge is 0.493 e. The van der Waals surface area contributed by atoms with E-state index in [1.54, 1.807) is 30.3 Å². The fourth-order valence-electron chi connectivity index (χ4n) is 2.90. The summed E-state index contributed by atoms with van der Waals surface area (Å²) >= 11 is 0. The first-order chi connectivity index (χ1) is 15.4. The number of nitrogens with one attached hydrogen (secondary N) is 1. The van der Waals surface area contributed by atoms with E-state index in [1.165, 1.54) is 38.4 Å². The maximum atomic E-state index is 13.6. The fourth-order valence-corrected chi connectivity index (χ4v) is 2.90. The van der Waals surface area contributed by atoms with Crippen LogP contribution in [-0.4, -0.2) is 33.8 Å². The zero-order valence-corrected chi connectivity index (χ0v) is 17.1. The van der Waals surface area contributed by atoms with Crippen molar-refractivity contribution in [2.45, 2.75) is 6.92 Å². The van der Waals surface area contributed by atoms with Gasteiger partial charge in [-0.3, -0.25) is 14.6 Å². The number of hydrogen-bond donors (Lipinski definition) is 1. The minimum absolute atomic E-state index is 0.0839. The highest BCUT2D eigenvalue weighted by Crippen LogP contribution is 2.33. The second-order valence-electron chi connectivity index (χ2n) is 6.71. The molecule has 0 fully saturated rings. The number of fused-ring (bicyclic) bond motifs is 1. The Hall–Kier alpha value is -4.40. The Bertz CT molecular complexity index is 1330. The zero-order chi connectivity index (χ0) is 22.7. The molecule has 1 amide bonds. The second-order valence-corrected chi connectivity index (χ2v) is 6.71. The van der Waals surface area contributed by atoms with Gasteiger partial charge < -0.3 is 14.8 Å². The van der Waals surface area contributed by atoms with Gasteiger partial charge in [0.05, 0.1) is 30.0 Å². The molecule has 160 valence electrons. The summed E-state index contributed by atoms with van der Waals surface area (Å²) in [7, 11) is 1.37. The molecule has 0 spiro atoms. The average Bonchev–Trinajstić information content (AvgIpc) is 2.80. The number of anilines is 1. The van der Waals surface area contributed by atoms with Crippen molar-refractivity contribution < 1.29 is 23.5 Å². The lowest BCUT2D eigenvalue weighted by Gasteiger charge is -2.13. The molecule has 0 saturated heterocycles. The summed E-state index contributed by atoms with van der Waals surface area (Å²) in [6, 6.07) is 13.8. The average molecular weight is 432 g/mol. The summed E-state index contributed by atoms with van der Waals surface area (Å²) in [5, 5.41) is 2.67. The first-order valence-corrected chi connectivity index (χ1v) is 9.51. The van der Waals surface area contributed by atoms with Gasteiger partial charge in [-0.2, -0.15) is 0 Å². The summed E-state index contributed by atoms with van der Waals surface area (Å²) in [4.78, 5) is 37.2. The predicted octanol–water partition coefficient (Wildman–Crippen LogP) is 4.42. The highest BCUT2D eigenvalue weighted by molar-refractivity contribution is 6.05. The Morgan fingerprint density at radius 3 is 2.38 bits per heavy atom. The minimum atomic E-state index is -0.600. The highest BCUT2D eigenvalue weighted by atomic mass is 19.1. The lowest BCUT2D eigenvalue weighted by atomic mass is 10.2. The topological polar surface area (TPSA) is 103 Å². The number of amides is 1. The third-order valence-corrected chi connectivity index (χ3v) is 4.47. The number of halogens is 1. The number of Topliss-reactive ketones (excluding diaryl/α,β-unsaturated/α-hetero) is 1. The third-order valence-electron chi connectivity index (χ3n) is 4.47. The third kappa shape index (κ3) is 4.36. The van der Waals surface area contributed by atoms with Crippen molar-refractivity contribution in [2.75, 3.05) is 12.4 Å². The van der Waals surface area contributed by atoms with E-state index in [0.717, 1.165) is 6.07 Å². The molecule has 0 aliphatic rings. The van der Waals surface area contributed by atoms with Crippen LogP contribution in [0.1, 0.15) is 27.9 Å². The van der Waals surface area contributed by atoms with Crippen molar-refractivity contribution in [3.63, 3.8) is 0 Å². The van der Waals surface area contributed by atoms with Crippen LogP contribution in [0.5, 0.6) is 17.4 Å². The molecule has 4 rings (SSSR count). The molecule has 0 saturated carbocycles. The van der Waals surface area contributed by atoms with Crippen LogP contribution in [0.25, 0.3) is 11.0 Å². The number of benzene rings is 2.